The van der Waals surface area contributed by atoms with Crippen LogP contribution in [0.15, 0.2) is 71.1 Å². The van der Waals surface area contributed by atoms with Crippen LogP contribution in [0.2, 0.25) is 0 Å². The molecule has 0 saturated carbocycles. The van der Waals surface area contributed by atoms with Gasteiger partial charge in [-0.15, -0.1) is 0 Å². The molecule has 0 aliphatic carbocycles. The summed E-state index contributed by atoms with van der Waals surface area (Å²) in [4.78, 5) is 31.0. The van der Waals surface area contributed by atoms with Gasteiger partial charge in [-0.05, 0) is 36.2 Å². The van der Waals surface area contributed by atoms with Crippen molar-refractivity contribution in [3.63, 3.8) is 0 Å². The molecule has 10 nitrogen and oxygen atoms in total. The highest BCUT2D eigenvalue weighted by Crippen LogP contribution is 2.45. The van der Waals surface area contributed by atoms with Gasteiger partial charge < -0.3 is 24.1 Å². The molecule has 2 aromatic carbocycles. The SMILES string of the molecule is CCCCCC(CNOCc1ccccc1)C(=O)NCNC(=O)c1ccc(-c2cccc(P(=O)(OC)OC)c2)o1. The summed E-state index contributed by atoms with van der Waals surface area (Å²) in [6.07, 6.45) is 3.70. The lowest BCUT2D eigenvalue weighted by Gasteiger charge is -2.17. The van der Waals surface area contributed by atoms with Crippen molar-refractivity contribution in [2.45, 2.75) is 39.2 Å². The molecule has 1 aromatic heterocycles. The van der Waals surface area contributed by atoms with Crippen LogP contribution in [0.1, 0.15) is 48.7 Å². The second-order valence-electron chi connectivity index (χ2n) is 9.12. The number of hydrogen-bond donors (Lipinski definition) is 3. The van der Waals surface area contributed by atoms with E-state index in [1.54, 1.807) is 30.3 Å². The first-order valence-electron chi connectivity index (χ1n) is 13.3. The van der Waals surface area contributed by atoms with Crippen molar-refractivity contribution in [2.24, 2.45) is 5.92 Å². The van der Waals surface area contributed by atoms with Crippen molar-refractivity contribution >= 4 is 24.7 Å². The maximum absolute atomic E-state index is 12.8. The first-order chi connectivity index (χ1) is 19.4. The highest BCUT2D eigenvalue weighted by Gasteiger charge is 2.25. The third-order valence-electron chi connectivity index (χ3n) is 6.31. The normalized spacial score (nSPS) is 12.2. The van der Waals surface area contributed by atoms with Crippen molar-refractivity contribution in [3.8, 4) is 11.3 Å². The Morgan fingerprint density at radius 3 is 2.45 bits per heavy atom. The minimum absolute atomic E-state index is 0.0524. The lowest BCUT2D eigenvalue weighted by molar-refractivity contribution is -0.126. The average Bonchev–Trinajstić information content (AvgIpc) is 3.49. The molecular weight excluding hydrogens is 533 g/mol. The van der Waals surface area contributed by atoms with E-state index in [-0.39, 0.29) is 24.3 Å². The van der Waals surface area contributed by atoms with Crippen molar-refractivity contribution in [1.29, 1.82) is 0 Å². The molecule has 0 saturated heterocycles. The molecular formula is C29H38N3O7P. The smallest absolute Gasteiger partial charge is 0.360 e. The Morgan fingerprint density at radius 1 is 0.950 bits per heavy atom. The number of nitrogens with one attached hydrogen (secondary N) is 3. The first kappa shape index (κ1) is 31.3. The Labute approximate surface area is 235 Å². The summed E-state index contributed by atoms with van der Waals surface area (Å²) in [5.74, 6) is -0.477. The fraction of sp³-hybridized carbons (Fsp3) is 0.379. The molecule has 1 unspecified atom stereocenters. The summed E-state index contributed by atoms with van der Waals surface area (Å²) >= 11 is 0. The molecule has 11 heteroatoms. The van der Waals surface area contributed by atoms with Crippen LogP contribution >= 0.6 is 7.60 Å². The molecule has 0 aliphatic heterocycles. The molecule has 3 aromatic rings. The third kappa shape index (κ3) is 9.15. The van der Waals surface area contributed by atoms with Crippen LogP contribution in [0.3, 0.4) is 0 Å². The molecule has 1 heterocycles. The molecule has 0 radical (unpaired) electrons. The van der Waals surface area contributed by atoms with E-state index >= 15 is 0 Å². The maximum Gasteiger partial charge on any atom is 0.360 e. The van der Waals surface area contributed by atoms with Crippen LogP contribution in [0.5, 0.6) is 0 Å². The van der Waals surface area contributed by atoms with Gasteiger partial charge in [-0.1, -0.05) is 68.7 Å². The summed E-state index contributed by atoms with van der Waals surface area (Å²) in [5, 5.41) is 5.81. The summed E-state index contributed by atoms with van der Waals surface area (Å²) in [5.41, 5.74) is 4.55. The molecule has 0 aliphatic rings. The van der Waals surface area contributed by atoms with Gasteiger partial charge in [-0.2, -0.15) is 0 Å². The number of hydroxylamine groups is 1. The lowest BCUT2D eigenvalue weighted by Crippen LogP contribution is -2.42. The van der Waals surface area contributed by atoms with E-state index in [0.29, 0.717) is 36.2 Å². The molecule has 3 rings (SSSR count). The lowest BCUT2D eigenvalue weighted by atomic mass is 10.0. The molecule has 2 amide bonds. The molecule has 0 fully saturated rings. The van der Waals surface area contributed by atoms with E-state index in [1.807, 2.05) is 30.3 Å². The summed E-state index contributed by atoms with van der Waals surface area (Å²) < 4.78 is 28.5. The Kier molecular flexibility index (Phi) is 12.6. The minimum Gasteiger partial charge on any atom is -0.451 e. The number of hydrogen-bond acceptors (Lipinski definition) is 8. The zero-order valence-corrected chi connectivity index (χ0v) is 24.1. The van der Waals surface area contributed by atoms with E-state index < -0.39 is 13.5 Å². The van der Waals surface area contributed by atoms with Gasteiger partial charge in [0.15, 0.2) is 5.76 Å². The number of benzene rings is 2. The summed E-state index contributed by atoms with van der Waals surface area (Å²) in [7, 11) is -0.803. The molecule has 0 spiro atoms. The van der Waals surface area contributed by atoms with Crippen molar-refractivity contribution < 1.29 is 32.5 Å². The Morgan fingerprint density at radius 2 is 1.73 bits per heavy atom. The van der Waals surface area contributed by atoms with Gasteiger partial charge in [0.2, 0.25) is 5.91 Å². The van der Waals surface area contributed by atoms with E-state index in [9.17, 15) is 14.2 Å². The Hall–Kier alpha value is -3.27. The van der Waals surface area contributed by atoms with Crippen LogP contribution in [0.4, 0.5) is 0 Å². The highest BCUT2D eigenvalue weighted by atomic mass is 31.2. The van der Waals surface area contributed by atoms with Gasteiger partial charge in [-0.3, -0.25) is 19.0 Å². The Bertz CT molecular complexity index is 1260. The van der Waals surface area contributed by atoms with Crippen LogP contribution < -0.4 is 21.4 Å². The predicted octanol–water partition coefficient (Wildman–Crippen LogP) is 4.78. The van der Waals surface area contributed by atoms with Gasteiger partial charge >= 0.3 is 7.60 Å². The number of unbranched alkanes of at least 4 members (excludes halogenated alkanes) is 2. The topological polar surface area (TPSA) is 128 Å². The van der Waals surface area contributed by atoms with Crippen LogP contribution in [-0.2, 0) is 29.9 Å². The fourth-order valence-corrected chi connectivity index (χ4v) is 5.14. The summed E-state index contributed by atoms with van der Waals surface area (Å²) in [6.45, 7) is 2.81. The fourth-order valence-electron chi connectivity index (χ4n) is 4.01. The van der Waals surface area contributed by atoms with Crippen LogP contribution in [0.25, 0.3) is 11.3 Å². The highest BCUT2D eigenvalue weighted by molar-refractivity contribution is 7.62. The average molecular weight is 572 g/mol. The molecule has 40 heavy (non-hydrogen) atoms. The van der Waals surface area contributed by atoms with Crippen molar-refractivity contribution in [1.82, 2.24) is 16.1 Å². The molecule has 216 valence electrons. The zero-order chi connectivity index (χ0) is 28.8. The molecule has 0 bridgehead atoms. The van der Waals surface area contributed by atoms with E-state index in [0.717, 1.165) is 24.8 Å². The summed E-state index contributed by atoms with van der Waals surface area (Å²) in [6, 6.07) is 19.7. The van der Waals surface area contributed by atoms with Gasteiger partial charge in [0.05, 0.1) is 24.5 Å². The minimum atomic E-state index is -3.43. The second kappa shape index (κ2) is 16.1. The van der Waals surface area contributed by atoms with Crippen molar-refractivity contribution in [3.05, 3.63) is 78.1 Å². The predicted molar refractivity (Wildman–Crippen MR) is 153 cm³/mol. The Balaban J connectivity index is 1.51. The van der Waals surface area contributed by atoms with Gasteiger partial charge in [0, 0.05) is 26.3 Å². The number of furan rings is 1. The zero-order valence-electron chi connectivity index (χ0n) is 23.2. The van der Waals surface area contributed by atoms with E-state index in [1.165, 1.54) is 20.3 Å². The van der Waals surface area contributed by atoms with Crippen molar-refractivity contribution in [2.75, 3.05) is 27.4 Å². The van der Waals surface area contributed by atoms with E-state index in [4.69, 9.17) is 18.3 Å². The third-order valence-corrected chi connectivity index (χ3v) is 8.18. The number of carbonyl (C=O) groups is 2. The number of amides is 2. The monoisotopic (exact) mass is 571 g/mol. The van der Waals surface area contributed by atoms with Gasteiger partial charge in [0.25, 0.3) is 5.91 Å². The maximum atomic E-state index is 12.8. The quantitative estimate of drug-likeness (QED) is 0.0914. The van der Waals surface area contributed by atoms with Gasteiger partial charge in [-0.25, -0.2) is 5.48 Å². The van der Waals surface area contributed by atoms with Gasteiger partial charge in [0.1, 0.15) is 5.76 Å². The van der Waals surface area contributed by atoms with Crippen LogP contribution in [-0.4, -0.2) is 39.2 Å². The largest absolute Gasteiger partial charge is 0.451 e. The first-order valence-corrected chi connectivity index (χ1v) is 14.8. The molecule has 1 atom stereocenters. The number of rotatable bonds is 17. The van der Waals surface area contributed by atoms with E-state index in [2.05, 4.69) is 23.0 Å². The standard InChI is InChI=1S/C29H38N3O7P/c1-4-5-7-13-24(19-32-38-20-22-11-8-6-9-12-22)28(33)30-21-31-29(34)27-17-16-26(39-27)23-14-10-15-25(18-23)40(35,36-2)37-3/h6,8-12,14-18,24,32H,4-5,7,13,19-21H2,1-3H3,(H,30,33)(H,31,34). The number of carbonyl (C=O) groups excluding carboxylic acids is 2. The van der Waals surface area contributed by atoms with Crippen LogP contribution in [0, 0.1) is 5.92 Å². The second-order valence-corrected chi connectivity index (χ2v) is 11.4. The molecule has 3 N–H and O–H groups in total.